The highest BCUT2D eigenvalue weighted by Gasteiger charge is 2.18. The number of benzene rings is 1. The minimum atomic E-state index is -0.163. The molecule has 6 heteroatoms. The van der Waals surface area contributed by atoms with Crippen LogP contribution in [0.3, 0.4) is 0 Å². The average Bonchev–Trinajstić information content (AvgIpc) is 2.92. The van der Waals surface area contributed by atoms with Gasteiger partial charge in [-0.25, -0.2) is 0 Å². The lowest BCUT2D eigenvalue weighted by Gasteiger charge is -2.07. The third-order valence-electron chi connectivity index (χ3n) is 2.64. The van der Waals surface area contributed by atoms with Crippen molar-refractivity contribution in [2.24, 2.45) is 0 Å². The molecule has 106 valence electrons. The van der Waals surface area contributed by atoms with E-state index >= 15 is 0 Å². The van der Waals surface area contributed by atoms with Crippen molar-refractivity contribution in [1.29, 1.82) is 0 Å². The Morgan fingerprint density at radius 2 is 2.10 bits per heavy atom. The molecule has 0 bridgehead atoms. The third-order valence-corrected chi connectivity index (χ3v) is 4.70. The number of nitrogens with one attached hydrogen (secondary N) is 1. The van der Waals surface area contributed by atoms with Gasteiger partial charge < -0.3 is 5.32 Å². The zero-order valence-electron chi connectivity index (χ0n) is 11.5. The van der Waals surface area contributed by atoms with Crippen LogP contribution in [0.15, 0.2) is 34.7 Å². The lowest BCUT2D eigenvalue weighted by atomic mass is 10.1. The molecule has 0 fully saturated rings. The second-order valence-electron chi connectivity index (χ2n) is 4.29. The highest BCUT2D eigenvalue weighted by molar-refractivity contribution is 8.02. The summed E-state index contributed by atoms with van der Waals surface area (Å²) in [5.74, 6) is 0.119. The Morgan fingerprint density at radius 3 is 2.80 bits per heavy atom. The number of aromatic nitrogens is 2. The summed E-state index contributed by atoms with van der Waals surface area (Å²) in [6.07, 6.45) is 1.05. The van der Waals surface area contributed by atoms with Gasteiger partial charge in [0.05, 0.1) is 5.25 Å². The smallest absolute Gasteiger partial charge is 0.206 e. The zero-order valence-corrected chi connectivity index (χ0v) is 13.1. The number of hydrogen-bond donors (Lipinski definition) is 1. The van der Waals surface area contributed by atoms with Gasteiger partial charge in [-0.05, 0) is 13.3 Å². The first-order valence-electron chi connectivity index (χ1n) is 6.54. The van der Waals surface area contributed by atoms with Gasteiger partial charge in [0, 0.05) is 12.1 Å². The molecule has 0 spiro atoms. The minimum Gasteiger partial charge on any atom is -0.360 e. The summed E-state index contributed by atoms with van der Waals surface area (Å²) in [4.78, 5) is 12.2. The van der Waals surface area contributed by atoms with Crippen LogP contribution in [0.2, 0.25) is 0 Å². The molecule has 0 amide bonds. The molecule has 0 saturated carbocycles. The summed E-state index contributed by atoms with van der Waals surface area (Å²) in [6, 6.07) is 9.34. The van der Waals surface area contributed by atoms with Crippen LogP contribution in [-0.2, 0) is 0 Å². The maximum atomic E-state index is 12.2. The molecule has 4 nitrogen and oxygen atoms in total. The number of thioether (sulfide) groups is 1. The number of hydrogen-bond acceptors (Lipinski definition) is 6. The number of carbonyl (C=O) groups excluding carboxylic acids is 1. The molecule has 2 aromatic rings. The maximum Gasteiger partial charge on any atom is 0.206 e. The Kier molecular flexibility index (Phi) is 5.55. The number of anilines is 1. The van der Waals surface area contributed by atoms with E-state index in [0.29, 0.717) is 0 Å². The second kappa shape index (κ2) is 7.40. The van der Waals surface area contributed by atoms with E-state index in [4.69, 9.17) is 0 Å². The van der Waals surface area contributed by atoms with Crippen molar-refractivity contribution in [3.8, 4) is 0 Å². The number of ketones is 1. The van der Waals surface area contributed by atoms with Crippen molar-refractivity contribution < 1.29 is 4.79 Å². The largest absolute Gasteiger partial charge is 0.360 e. The number of carbonyl (C=O) groups is 1. The molecule has 20 heavy (non-hydrogen) atoms. The molecule has 0 saturated heterocycles. The fraction of sp³-hybridized carbons (Fsp3) is 0.357. The van der Waals surface area contributed by atoms with Crippen LogP contribution in [0, 0.1) is 0 Å². The Bertz CT molecular complexity index is 557. The fourth-order valence-electron chi connectivity index (χ4n) is 1.60. The predicted molar refractivity (Wildman–Crippen MR) is 84.8 cm³/mol. The summed E-state index contributed by atoms with van der Waals surface area (Å²) in [7, 11) is 0. The van der Waals surface area contributed by atoms with Gasteiger partial charge in [-0.3, -0.25) is 4.79 Å². The number of nitrogens with zero attached hydrogens (tertiary/aromatic N) is 2. The van der Waals surface area contributed by atoms with Crippen molar-refractivity contribution in [3.05, 3.63) is 35.9 Å². The summed E-state index contributed by atoms with van der Waals surface area (Å²) in [6.45, 7) is 4.89. The van der Waals surface area contributed by atoms with Gasteiger partial charge in [-0.1, -0.05) is 60.4 Å². The fourth-order valence-corrected chi connectivity index (χ4v) is 3.60. The van der Waals surface area contributed by atoms with E-state index in [1.54, 1.807) is 0 Å². The predicted octanol–water partition coefficient (Wildman–Crippen LogP) is 3.72. The molecule has 1 heterocycles. The van der Waals surface area contributed by atoms with Gasteiger partial charge >= 0.3 is 0 Å². The molecule has 2 rings (SSSR count). The van der Waals surface area contributed by atoms with E-state index in [2.05, 4.69) is 22.4 Å². The van der Waals surface area contributed by atoms with Gasteiger partial charge in [-0.2, -0.15) is 0 Å². The van der Waals surface area contributed by atoms with E-state index in [1.807, 2.05) is 37.3 Å². The van der Waals surface area contributed by atoms with Crippen LogP contribution >= 0.6 is 23.1 Å². The minimum absolute atomic E-state index is 0.119. The van der Waals surface area contributed by atoms with Gasteiger partial charge in [0.2, 0.25) is 5.13 Å². The van der Waals surface area contributed by atoms with Crippen molar-refractivity contribution >= 4 is 34.0 Å². The quantitative estimate of drug-likeness (QED) is 0.624. The summed E-state index contributed by atoms with van der Waals surface area (Å²) < 4.78 is 0.820. The molecular weight excluding hydrogens is 290 g/mol. The van der Waals surface area contributed by atoms with Crippen LogP contribution in [-0.4, -0.2) is 27.8 Å². The molecule has 0 aliphatic carbocycles. The monoisotopic (exact) mass is 307 g/mol. The van der Waals surface area contributed by atoms with Crippen molar-refractivity contribution in [2.75, 3.05) is 11.9 Å². The molecule has 0 radical (unpaired) electrons. The van der Waals surface area contributed by atoms with Gasteiger partial charge in [0.15, 0.2) is 10.1 Å². The normalized spacial score (nSPS) is 12.1. The summed E-state index contributed by atoms with van der Waals surface area (Å²) in [5, 5.41) is 12.0. The molecule has 1 aromatic carbocycles. The van der Waals surface area contributed by atoms with Crippen LogP contribution in [0.5, 0.6) is 0 Å². The van der Waals surface area contributed by atoms with Crippen molar-refractivity contribution in [3.63, 3.8) is 0 Å². The lowest BCUT2D eigenvalue weighted by Crippen LogP contribution is -2.13. The van der Waals surface area contributed by atoms with Crippen molar-refractivity contribution in [2.45, 2.75) is 29.9 Å². The first kappa shape index (κ1) is 15.0. The second-order valence-corrected chi connectivity index (χ2v) is 6.86. The highest BCUT2D eigenvalue weighted by atomic mass is 32.2. The first-order chi connectivity index (χ1) is 9.70. The molecule has 1 unspecified atom stereocenters. The van der Waals surface area contributed by atoms with E-state index in [9.17, 15) is 4.79 Å². The molecule has 1 N–H and O–H groups in total. The Balaban J connectivity index is 1.95. The zero-order chi connectivity index (χ0) is 14.4. The average molecular weight is 307 g/mol. The first-order valence-corrected chi connectivity index (χ1v) is 8.23. The highest BCUT2D eigenvalue weighted by Crippen LogP contribution is 2.30. The van der Waals surface area contributed by atoms with Gasteiger partial charge in [0.1, 0.15) is 0 Å². The topological polar surface area (TPSA) is 54.9 Å². The van der Waals surface area contributed by atoms with E-state index in [-0.39, 0.29) is 11.0 Å². The molecule has 0 aliphatic rings. The molecule has 1 aromatic heterocycles. The van der Waals surface area contributed by atoms with Gasteiger partial charge in [-0.15, -0.1) is 10.2 Å². The lowest BCUT2D eigenvalue weighted by molar-refractivity contribution is 0.0994. The summed E-state index contributed by atoms with van der Waals surface area (Å²) >= 11 is 2.95. The van der Waals surface area contributed by atoms with Gasteiger partial charge in [0.25, 0.3) is 0 Å². The van der Waals surface area contributed by atoms with E-state index < -0.39 is 0 Å². The third kappa shape index (κ3) is 4.05. The van der Waals surface area contributed by atoms with E-state index in [1.165, 1.54) is 23.1 Å². The molecule has 0 aliphatic heterocycles. The SMILES string of the molecule is CCCNc1nnc(SC(C)C(=O)c2ccccc2)s1. The standard InChI is InChI=1S/C14H17N3OS2/c1-3-9-15-13-16-17-14(20-13)19-10(2)12(18)11-7-5-4-6-8-11/h4-8,10H,3,9H2,1-2H3,(H,15,16). The van der Waals surface area contributed by atoms with E-state index in [0.717, 1.165) is 28.0 Å². The number of Topliss-reactive ketones (excluding diaryl/α,β-unsaturated/α-hetero) is 1. The Labute approximate surface area is 127 Å². The van der Waals surface area contributed by atoms with Crippen molar-refractivity contribution in [1.82, 2.24) is 10.2 Å². The van der Waals surface area contributed by atoms with Crippen LogP contribution in [0.4, 0.5) is 5.13 Å². The molecular formula is C14H17N3OS2. The molecule has 1 atom stereocenters. The van der Waals surface area contributed by atoms with Crippen LogP contribution in [0.25, 0.3) is 0 Å². The van der Waals surface area contributed by atoms with Crippen LogP contribution < -0.4 is 5.32 Å². The summed E-state index contributed by atoms with van der Waals surface area (Å²) in [5.41, 5.74) is 0.737. The van der Waals surface area contributed by atoms with Crippen LogP contribution in [0.1, 0.15) is 30.6 Å². The maximum absolute atomic E-state index is 12.2. The number of rotatable bonds is 7. The Morgan fingerprint density at radius 1 is 1.35 bits per heavy atom. The Hall–Kier alpha value is -1.40.